The van der Waals surface area contributed by atoms with Gasteiger partial charge in [-0.2, -0.15) is 0 Å². The molecule has 0 saturated heterocycles. The molecule has 0 aromatic heterocycles. The predicted molar refractivity (Wildman–Crippen MR) is 84.3 cm³/mol. The molecule has 1 N–H and O–H groups in total. The molecule has 0 aliphatic rings. The molecule has 2 aromatic rings. The Morgan fingerprint density at radius 2 is 1.95 bits per heavy atom. The van der Waals surface area contributed by atoms with Gasteiger partial charge in [-0.1, -0.05) is 24.3 Å². The van der Waals surface area contributed by atoms with Gasteiger partial charge in [-0.15, -0.1) is 0 Å². The van der Waals surface area contributed by atoms with Crippen LogP contribution in [0.25, 0.3) is 0 Å². The summed E-state index contributed by atoms with van der Waals surface area (Å²) in [7, 11) is 5.40. The van der Waals surface area contributed by atoms with Gasteiger partial charge >= 0.3 is 0 Å². The van der Waals surface area contributed by atoms with Crippen LogP contribution in [0.1, 0.15) is 11.1 Å². The zero-order chi connectivity index (χ0) is 15.2. The van der Waals surface area contributed by atoms with Crippen LogP contribution < -0.4 is 15.0 Å². The number of para-hydroxylation sites is 1. The first kappa shape index (κ1) is 15.3. The van der Waals surface area contributed by atoms with Gasteiger partial charge in [0.2, 0.25) is 0 Å². The highest BCUT2D eigenvalue weighted by atomic mass is 19.1. The van der Waals surface area contributed by atoms with E-state index >= 15 is 0 Å². The largest absolute Gasteiger partial charge is 0.497 e. The summed E-state index contributed by atoms with van der Waals surface area (Å²) in [5, 5.41) is 3.08. The lowest BCUT2D eigenvalue weighted by Crippen LogP contribution is -2.21. The summed E-state index contributed by atoms with van der Waals surface area (Å²) in [6.45, 7) is 1.25. The van der Waals surface area contributed by atoms with Gasteiger partial charge in [-0.05, 0) is 36.4 Å². The van der Waals surface area contributed by atoms with Gasteiger partial charge in [0.15, 0.2) is 0 Å². The summed E-state index contributed by atoms with van der Waals surface area (Å²) in [4.78, 5) is 1.93. The second kappa shape index (κ2) is 7.09. The summed E-state index contributed by atoms with van der Waals surface area (Å²) >= 11 is 0. The second-order valence-electron chi connectivity index (χ2n) is 4.99. The molecule has 0 bridgehead atoms. The highest BCUT2D eigenvalue weighted by molar-refractivity contribution is 5.54. The molecular formula is C17H21FN2O. The zero-order valence-electron chi connectivity index (χ0n) is 12.7. The molecule has 0 radical (unpaired) electrons. The number of hydrogen-bond donors (Lipinski definition) is 1. The lowest BCUT2D eigenvalue weighted by atomic mass is 10.1. The highest BCUT2D eigenvalue weighted by Gasteiger charge is 2.13. The normalized spacial score (nSPS) is 10.5. The SMILES string of the molecule is CNCc1cccc(F)c1N(C)Cc1cccc(OC)c1. The molecule has 0 unspecified atom stereocenters. The third kappa shape index (κ3) is 3.73. The summed E-state index contributed by atoms with van der Waals surface area (Å²) in [6.07, 6.45) is 0. The van der Waals surface area contributed by atoms with E-state index in [0.29, 0.717) is 18.8 Å². The molecule has 4 heteroatoms. The average molecular weight is 288 g/mol. The van der Waals surface area contributed by atoms with Crippen molar-refractivity contribution in [2.75, 3.05) is 26.1 Å². The Kier molecular flexibility index (Phi) is 5.17. The van der Waals surface area contributed by atoms with Crippen LogP contribution in [0.4, 0.5) is 10.1 Å². The highest BCUT2D eigenvalue weighted by Crippen LogP contribution is 2.25. The Hall–Kier alpha value is -2.07. The summed E-state index contributed by atoms with van der Waals surface area (Å²) < 4.78 is 19.4. The van der Waals surface area contributed by atoms with E-state index < -0.39 is 0 Å². The summed E-state index contributed by atoms with van der Waals surface area (Å²) in [6, 6.07) is 13.0. The van der Waals surface area contributed by atoms with E-state index in [4.69, 9.17) is 4.74 Å². The van der Waals surface area contributed by atoms with Gasteiger partial charge in [0.1, 0.15) is 11.6 Å². The number of hydrogen-bond acceptors (Lipinski definition) is 3. The van der Waals surface area contributed by atoms with Crippen LogP contribution in [0.15, 0.2) is 42.5 Å². The van der Waals surface area contributed by atoms with Crippen molar-refractivity contribution in [3.63, 3.8) is 0 Å². The molecule has 3 nitrogen and oxygen atoms in total. The molecule has 0 spiro atoms. The molecular weight excluding hydrogens is 267 g/mol. The smallest absolute Gasteiger partial charge is 0.146 e. The maximum Gasteiger partial charge on any atom is 0.146 e. The van der Waals surface area contributed by atoms with Crippen molar-refractivity contribution < 1.29 is 9.13 Å². The van der Waals surface area contributed by atoms with Crippen molar-refractivity contribution in [2.45, 2.75) is 13.1 Å². The fourth-order valence-electron chi connectivity index (χ4n) is 2.44. The molecule has 0 aliphatic carbocycles. The van der Waals surface area contributed by atoms with Crippen LogP contribution >= 0.6 is 0 Å². The Bertz CT molecular complexity index is 601. The van der Waals surface area contributed by atoms with Crippen molar-refractivity contribution in [1.29, 1.82) is 0 Å². The quantitative estimate of drug-likeness (QED) is 0.883. The van der Waals surface area contributed by atoms with Crippen molar-refractivity contribution in [1.82, 2.24) is 5.32 Å². The van der Waals surface area contributed by atoms with E-state index in [9.17, 15) is 4.39 Å². The van der Waals surface area contributed by atoms with Crippen LogP contribution in [-0.4, -0.2) is 21.2 Å². The number of rotatable bonds is 6. The van der Waals surface area contributed by atoms with Crippen molar-refractivity contribution in [3.8, 4) is 5.75 Å². The topological polar surface area (TPSA) is 24.5 Å². The van der Waals surface area contributed by atoms with Gasteiger partial charge in [-0.25, -0.2) is 4.39 Å². The second-order valence-corrected chi connectivity index (χ2v) is 4.99. The molecule has 0 fully saturated rings. The van der Waals surface area contributed by atoms with Crippen molar-refractivity contribution >= 4 is 5.69 Å². The molecule has 21 heavy (non-hydrogen) atoms. The molecule has 2 aromatic carbocycles. The third-order valence-corrected chi connectivity index (χ3v) is 3.37. The molecule has 112 valence electrons. The van der Waals surface area contributed by atoms with Crippen LogP contribution in [0.5, 0.6) is 5.75 Å². The van der Waals surface area contributed by atoms with Crippen LogP contribution in [0.3, 0.4) is 0 Å². The number of benzene rings is 2. The number of nitrogens with zero attached hydrogens (tertiary/aromatic N) is 1. The summed E-state index contributed by atoms with van der Waals surface area (Å²) in [5.74, 6) is 0.609. The van der Waals surface area contributed by atoms with Gasteiger partial charge in [-0.3, -0.25) is 0 Å². The van der Waals surface area contributed by atoms with Crippen molar-refractivity contribution in [2.24, 2.45) is 0 Å². The lowest BCUT2D eigenvalue weighted by molar-refractivity contribution is 0.414. The molecule has 0 atom stereocenters. The van der Waals surface area contributed by atoms with Crippen LogP contribution in [-0.2, 0) is 13.1 Å². The summed E-state index contributed by atoms with van der Waals surface area (Å²) in [5.41, 5.74) is 2.66. The van der Waals surface area contributed by atoms with E-state index in [1.807, 2.05) is 49.3 Å². The first-order valence-electron chi connectivity index (χ1n) is 6.91. The zero-order valence-corrected chi connectivity index (χ0v) is 12.7. The van der Waals surface area contributed by atoms with Gasteiger partial charge in [0.25, 0.3) is 0 Å². The van der Waals surface area contributed by atoms with E-state index in [0.717, 1.165) is 16.9 Å². The Labute approximate surface area is 125 Å². The maximum atomic E-state index is 14.2. The molecule has 0 amide bonds. The molecule has 0 saturated carbocycles. The Morgan fingerprint density at radius 1 is 1.19 bits per heavy atom. The number of methoxy groups -OCH3 is 1. The van der Waals surface area contributed by atoms with Gasteiger partial charge < -0.3 is 15.0 Å². The first-order chi connectivity index (χ1) is 10.2. The van der Waals surface area contributed by atoms with Crippen LogP contribution in [0, 0.1) is 5.82 Å². The average Bonchev–Trinajstić information content (AvgIpc) is 2.47. The molecule has 0 aliphatic heterocycles. The Balaban J connectivity index is 2.25. The minimum absolute atomic E-state index is 0.201. The maximum absolute atomic E-state index is 14.2. The van der Waals surface area contributed by atoms with Gasteiger partial charge in [0.05, 0.1) is 12.8 Å². The minimum atomic E-state index is -0.201. The number of anilines is 1. The minimum Gasteiger partial charge on any atom is -0.497 e. The van der Waals surface area contributed by atoms with E-state index in [1.54, 1.807) is 13.2 Å². The lowest BCUT2D eigenvalue weighted by Gasteiger charge is -2.23. The molecule has 0 heterocycles. The number of nitrogens with one attached hydrogen (secondary N) is 1. The van der Waals surface area contributed by atoms with Crippen LogP contribution in [0.2, 0.25) is 0 Å². The fraction of sp³-hybridized carbons (Fsp3) is 0.294. The van der Waals surface area contributed by atoms with E-state index in [2.05, 4.69) is 5.32 Å². The standard InChI is InChI=1S/C17H21FN2O/c1-19-11-14-7-5-9-16(18)17(14)20(2)12-13-6-4-8-15(10-13)21-3/h4-10,19H,11-12H2,1-3H3. The molecule has 2 rings (SSSR count). The fourth-order valence-corrected chi connectivity index (χ4v) is 2.44. The number of halogens is 1. The first-order valence-corrected chi connectivity index (χ1v) is 6.91. The Morgan fingerprint density at radius 3 is 2.67 bits per heavy atom. The predicted octanol–water partition coefficient (Wildman–Crippen LogP) is 3.19. The van der Waals surface area contributed by atoms with Gasteiger partial charge in [0, 0.05) is 20.1 Å². The third-order valence-electron chi connectivity index (χ3n) is 3.37. The van der Waals surface area contributed by atoms with Crippen molar-refractivity contribution in [3.05, 3.63) is 59.4 Å². The van der Waals surface area contributed by atoms with E-state index in [1.165, 1.54) is 6.07 Å². The monoisotopic (exact) mass is 288 g/mol. The van der Waals surface area contributed by atoms with E-state index in [-0.39, 0.29) is 5.82 Å². The number of ether oxygens (including phenoxy) is 1.